The van der Waals surface area contributed by atoms with Gasteiger partial charge in [0.2, 0.25) is 5.91 Å². The summed E-state index contributed by atoms with van der Waals surface area (Å²) in [6.07, 6.45) is 8.00. The molecule has 0 radical (unpaired) electrons. The highest BCUT2D eigenvalue weighted by Crippen LogP contribution is 2.27. The molecule has 156 valence electrons. The van der Waals surface area contributed by atoms with Gasteiger partial charge in [-0.1, -0.05) is 13.8 Å². The number of nitrogens with zero attached hydrogens (tertiary/aromatic N) is 3. The molecule has 3 rings (SSSR count). The summed E-state index contributed by atoms with van der Waals surface area (Å²) in [5, 5.41) is 8.12. The van der Waals surface area contributed by atoms with Gasteiger partial charge in [0.1, 0.15) is 0 Å². The van der Waals surface area contributed by atoms with E-state index in [4.69, 9.17) is 9.98 Å². The van der Waals surface area contributed by atoms with Gasteiger partial charge in [-0.2, -0.15) is 0 Å². The summed E-state index contributed by atoms with van der Waals surface area (Å²) in [6, 6.07) is 0.284. The second kappa shape index (κ2) is 10.2. The number of aryl methyl sites for hydroxylation is 3. The molecule has 1 aromatic heterocycles. The lowest BCUT2D eigenvalue weighted by molar-refractivity contribution is -0.133. The Morgan fingerprint density at radius 3 is 2.93 bits per heavy atom. The Hall–Kier alpha value is -1.63. The standard InChI is InChI=1S/C21H35N5OS/c1-4-22-21(24-16-11-13-26(14-16)20(27)15(2)3)23-12-7-10-19-25-17-8-5-6-9-18(17)28-19/h15-16H,4-14H2,1-3H3,(H2,22,23,24). The van der Waals surface area contributed by atoms with Crippen molar-refractivity contribution >= 4 is 23.2 Å². The number of aromatic nitrogens is 1. The van der Waals surface area contributed by atoms with Gasteiger partial charge in [-0.15, -0.1) is 11.3 Å². The molecule has 0 bridgehead atoms. The van der Waals surface area contributed by atoms with Gasteiger partial charge in [0, 0.05) is 49.4 Å². The Labute approximate surface area is 173 Å². The van der Waals surface area contributed by atoms with Crippen LogP contribution in [0.4, 0.5) is 0 Å². The number of hydrogen-bond acceptors (Lipinski definition) is 4. The van der Waals surface area contributed by atoms with Gasteiger partial charge in [0.05, 0.1) is 10.7 Å². The lowest BCUT2D eigenvalue weighted by Gasteiger charge is -2.20. The average molecular weight is 406 g/mol. The maximum Gasteiger partial charge on any atom is 0.225 e. The number of hydrogen-bond donors (Lipinski definition) is 2. The van der Waals surface area contributed by atoms with Gasteiger partial charge in [0.25, 0.3) is 0 Å². The fourth-order valence-corrected chi connectivity index (χ4v) is 5.09. The van der Waals surface area contributed by atoms with E-state index in [0.29, 0.717) is 0 Å². The number of fused-ring (bicyclic) bond motifs is 1. The fourth-order valence-electron chi connectivity index (χ4n) is 3.89. The number of carbonyl (C=O) groups is 1. The molecular formula is C21H35N5OS. The number of likely N-dealkylation sites (tertiary alicyclic amines) is 1. The Bertz CT molecular complexity index is 661. The van der Waals surface area contributed by atoms with Crippen LogP contribution in [0.1, 0.15) is 62.0 Å². The van der Waals surface area contributed by atoms with Crippen LogP contribution in [0.2, 0.25) is 0 Å². The third-order valence-corrected chi connectivity index (χ3v) is 6.60. The van der Waals surface area contributed by atoms with E-state index in [2.05, 4.69) is 17.6 Å². The summed E-state index contributed by atoms with van der Waals surface area (Å²) >= 11 is 1.91. The topological polar surface area (TPSA) is 69.6 Å². The molecule has 7 heteroatoms. The summed E-state index contributed by atoms with van der Waals surface area (Å²) in [5.74, 6) is 1.18. The van der Waals surface area contributed by atoms with E-state index < -0.39 is 0 Å². The zero-order valence-electron chi connectivity index (χ0n) is 17.6. The minimum Gasteiger partial charge on any atom is -0.357 e. The molecule has 1 amide bonds. The van der Waals surface area contributed by atoms with E-state index in [1.807, 2.05) is 30.1 Å². The largest absolute Gasteiger partial charge is 0.357 e. The predicted molar refractivity (Wildman–Crippen MR) is 116 cm³/mol. The van der Waals surface area contributed by atoms with Crippen LogP contribution in [0, 0.1) is 5.92 Å². The summed E-state index contributed by atoms with van der Waals surface area (Å²) in [6.45, 7) is 9.25. The van der Waals surface area contributed by atoms with Crippen LogP contribution in [-0.2, 0) is 24.1 Å². The Balaban J connectivity index is 1.45. The first-order valence-electron chi connectivity index (χ1n) is 10.9. The molecule has 1 fully saturated rings. The molecule has 1 aliphatic carbocycles. The summed E-state index contributed by atoms with van der Waals surface area (Å²) in [4.78, 5) is 25.2. The highest BCUT2D eigenvalue weighted by Gasteiger charge is 2.27. The summed E-state index contributed by atoms with van der Waals surface area (Å²) in [7, 11) is 0. The predicted octanol–water partition coefficient (Wildman–Crippen LogP) is 2.77. The number of rotatable bonds is 7. The van der Waals surface area contributed by atoms with Crippen molar-refractivity contribution in [2.45, 2.75) is 71.8 Å². The monoisotopic (exact) mass is 405 g/mol. The van der Waals surface area contributed by atoms with Crippen molar-refractivity contribution in [2.75, 3.05) is 26.2 Å². The van der Waals surface area contributed by atoms with Crippen molar-refractivity contribution in [1.29, 1.82) is 0 Å². The SMILES string of the molecule is CCNC(=NCCCc1nc2c(s1)CCCC2)NC1CCN(C(=O)C(C)C)C1. The first-order valence-corrected chi connectivity index (χ1v) is 11.7. The van der Waals surface area contributed by atoms with Crippen molar-refractivity contribution in [2.24, 2.45) is 10.9 Å². The van der Waals surface area contributed by atoms with Gasteiger partial charge in [-0.3, -0.25) is 9.79 Å². The lowest BCUT2D eigenvalue weighted by atomic mass is 10.0. The molecule has 2 heterocycles. The Morgan fingerprint density at radius 1 is 1.36 bits per heavy atom. The van der Waals surface area contributed by atoms with Gasteiger partial charge in [0.15, 0.2) is 5.96 Å². The van der Waals surface area contributed by atoms with E-state index in [-0.39, 0.29) is 17.9 Å². The van der Waals surface area contributed by atoms with Crippen LogP contribution >= 0.6 is 11.3 Å². The molecule has 1 saturated heterocycles. The lowest BCUT2D eigenvalue weighted by Crippen LogP contribution is -2.45. The zero-order valence-corrected chi connectivity index (χ0v) is 18.4. The summed E-state index contributed by atoms with van der Waals surface area (Å²) in [5.41, 5.74) is 1.35. The zero-order chi connectivity index (χ0) is 19.9. The first kappa shape index (κ1) is 21.1. The number of guanidine groups is 1. The second-order valence-electron chi connectivity index (χ2n) is 8.12. The van der Waals surface area contributed by atoms with E-state index in [1.165, 1.54) is 34.8 Å². The molecule has 6 nitrogen and oxygen atoms in total. The van der Waals surface area contributed by atoms with Gasteiger partial charge < -0.3 is 15.5 Å². The molecule has 1 aliphatic heterocycles. The molecule has 28 heavy (non-hydrogen) atoms. The van der Waals surface area contributed by atoms with Gasteiger partial charge >= 0.3 is 0 Å². The van der Waals surface area contributed by atoms with Gasteiger partial charge in [-0.25, -0.2) is 4.98 Å². The fraction of sp³-hybridized carbons (Fsp3) is 0.762. The molecule has 2 aliphatic rings. The third-order valence-electron chi connectivity index (χ3n) is 5.39. The number of carbonyl (C=O) groups excluding carboxylic acids is 1. The smallest absolute Gasteiger partial charge is 0.225 e. The van der Waals surface area contributed by atoms with Crippen molar-refractivity contribution in [3.8, 4) is 0 Å². The second-order valence-corrected chi connectivity index (χ2v) is 9.29. The first-order chi connectivity index (χ1) is 13.6. The minimum atomic E-state index is 0.0668. The average Bonchev–Trinajstić information content (AvgIpc) is 3.31. The molecule has 2 N–H and O–H groups in total. The summed E-state index contributed by atoms with van der Waals surface area (Å²) < 4.78 is 0. The number of nitrogens with one attached hydrogen (secondary N) is 2. The molecule has 0 spiro atoms. The van der Waals surface area contributed by atoms with E-state index in [1.54, 1.807) is 0 Å². The van der Waals surface area contributed by atoms with Crippen LogP contribution in [0.5, 0.6) is 0 Å². The van der Waals surface area contributed by atoms with Crippen LogP contribution < -0.4 is 10.6 Å². The van der Waals surface area contributed by atoms with Gasteiger partial charge in [-0.05, 0) is 45.4 Å². The quantitative estimate of drug-likeness (QED) is 0.416. The van der Waals surface area contributed by atoms with Crippen LogP contribution in [0.3, 0.4) is 0 Å². The van der Waals surface area contributed by atoms with Crippen LogP contribution in [0.25, 0.3) is 0 Å². The van der Waals surface area contributed by atoms with E-state index >= 15 is 0 Å². The molecule has 0 aromatic carbocycles. The van der Waals surface area contributed by atoms with Crippen LogP contribution in [0.15, 0.2) is 4.99 Å². The van der Waals surface area contributed by atoms with E-state index in [9.17, 15) is 4.79 Å². The molecular weight excluding hydrogens is 370 g/mol. The Kier molecular flexibility index (Phi) is 7.71. The molecule has 1 aromatic rings. The highest BCUT2D eigenvalue weighted by molar-refractivity contribution is 7.11. The van der Waals surface area contributed by atoms with Crippen molar-refractivity contribution < 1.29 is 4.79 Å². The van der Waals surface area contributed by atoms with Crippen molar-refractivity contribution in [3.63, 3.8) is 0 Å². The minimum absolute atomic E-state index is 0.0668. The normalized spacial score (nSPS) is 19.8. The maximum absolute atomic E-state index is 12.2. The molecule has 0 saturated carbocycles. The third kappa shape index (κ3) is 5.69. The molecule has 1 atom stereocenters. The number of thiazole rings is 1. The highest BCUT2D eigenvalue weighted by atomic mass is 32.1. The molecule has 1 unspecified atom stereocenters. The number of amides is 1. The van der Waals surface area contributed by atoms with Crippen molar-refractivity contribution in [3.05, 3.63) is 15.6 Å². The van der Waals surface area contributed by atoms with Crippen molar-refractivity contribution in [1.82, 2.24) is 20.5 Å². The van der Waals surface area contributed by atoms with E-state index in [0.717, 1.165) is 57.8 Å². The Morgan fingerprint density at radius 2 is 2.18 bits per heavy atom. The maximum atomic E-state index is 12.2. The van der Waals surface area contributed by atoms with Crippen LogP contribution in [-0.4, -0.2) is 54.0 Å². The number of aliphatic imine (C=N–C) groups is 1.